The van der Waals surface area contributed by atoms with Crippen molar-refractivity contribution >= 4 is 22.8 Å². The van der Waals surface area contributed by atoms with E-state index in [1.807, 2.05) is 29.2 Å². The van der Waals surface area contributed by atoms with Crippen LogP contribution in [0.1, 0.15) is 23.7 Å². The number of rotatable bonds is 2. The average molecular weight is 276 g/mol. The van der Waals surface area contributed by atoms with E-state index in [0.717, 1.165) is 36.0 Å². The second-order valence-corrected chi connectivity index (χ2v) is 5.82. The summed E-state index contributed by atoms with van der Waals surface area (Å²) >= 11 is 1.70. The molecule has 0 radical (unpaired) electrons. The normalized spacial score (nSPS) is 22.8. The number of benzene rings is 1. The second kappa shape index (κ2) is 5.25. The maximum atomic E-state index is 12.1. The van der Waals surface area contributed by atoms with Gasteiger partial charge in [0.05, 0.1) is 7.11 Å². The van der Waals surface area contributed by atoms with Crippen molar-refractivity contribution in [3.63, 3.8) is 0 Å². The van der Waals surface area contributed by atoms with Gasteiger partial charge in [-0.15, -0.1) is 0 Å². The number of amidine groups is 1. The van der Waals surface area contributed by atoms with Gasteiger partial charge in [-0.2, -0.15) is 0 Å². The molecule has 100 valence electrons. The molecule has 2 heterocycles. The number of fused-ring (bicyclic) bond motifs is 1. The molecule has 1 atom stereocenters. The summed E-state index contributed by atoms with van der Waals surface area (Å²) in [5.41, 5.74) is 1.16. The van der Waals surface area contributed by atoms with Crippen molar-refractivity contribution in [2.75, 3.05) is 20.2 Å². The molecule has 2 aliphatic heterocycles. The van der Waals surface area contributed by atoms with Crippen LogP contribution in [0.25, 0.3) is 0 Å². The summed E-state index contributed by atoms with van der Waals surface area (Å²) in [7, 11) is 1.66. The fourth-order valence-corrected chi connectivity index (χ4v) is 3.62. The molecule has 0 aromatic heterocycles. The Morgan fingerprint density at radius 2 is 2.16 bits per heavy atom. The summed E-state index contributed by atoms with van der Waals surface area (Å²) in [4.78, 5) is 18.4. The number of aliphatic imine (C=N–C) groups is 1. The van der Waals surface area contributed by atoms with Gasteiger partial charge in [-0.3, -0.25) is 14.7 Å². The van der Waals surface area contributed by atoms with Crippen LogP contribution in [0.4, 0.5) is 0 Å². The number of hydrogen-bond acceptors (Lipinski definition) is 4. The van der Waals surface area contributed by atoms with E-state index in [1.165, 1.54) is 0 Å². The average Bonchev–Trinajstić information content (AvgIpc) is 2.47. The van der Waals surface area contributed by atoms with Crippen LogP contribution in [-0.2, 0) is 4.79 Å². The first-order chi connectivity index (χ1) is 9.28. The van der Waals surface area contributed by atoms with E-state index >= 15 is 0 Å². The summed E-state index contributed by atoms with van der Waals surface area (Å²) in [6.07, 6.45) is 1.53. The summed E-state index contributed by atoms with van der Waals surface area (Å²) < 4.78 is 5.16. The lowest BCUT2D eigenvalue weighted by Gasteiger charge is -2.34. The van der Waals surface area contributed by atoms with Gasteiger partial charge in [0.15, 0.2) is 5.17 Å². The predicted octanol–water partition coefficient (Wildman–Crippen LogP) is 2.46. The Morgan fingerprint density at radius 1 is 1.37 bits per heavy atom. The van der Waals surface area contributed by atoms with Crippen molar-refractivity contribution in [1.29, 1.82) is 0 Å². The molecule has 1 aromatic carbocycles. The van der Waals surface area contributed by atoms with Gasteiger partial charge < -0.3 is 4.74 Å². The van der Waals surface area contributed by atoms with Gasteiger partial charge in [0, 0.05) is 24.8 Å². The zero-order valence-corrected chi connectivity index (χ0v) is 11.7. The molecule has 0 bridgehead atoms. The lowest BCUT2D eigenvalue weighted by atomic mass is 10.1. The molecular formula is C14H16N2O2S. The molecule has 0 N–H and O–H groups in total. The Bertz CT molecular complexity index is 513. The van der Waals surface area contributed by atoms with Crippen LogP contribution in [0.5, 0.6) is 5.75 Å². The number of carbonyl (C=O) groups is 1. The maximum absolute atomic E-state index is 12.1. The van der Waals surface area contributed by atoms with Crippen molar-refractivity contribution in [2.45, 2.75) is 18.1 Å². The molecule has 2 aliphatic rings. The first kappa shape index (κ1) is 12.5. The molecule has 0 spiro atoms. The molecule has 4 nitrogen and oxygen atoms in total. The minimum atomic E-state index is 0.173. The first-order valence-corrected chi connectivity index (χ1v) is 7.31. The molecule has 1 unspecified atom stereocenters. The number of methoxy groups -OCH3 is 1. The van der Waals surface area contributed by atoms with E-state index in [4.69, 9.17) is 4.74 Å². The highest BCUT2D eigenvalue weighted by Crippen LogP contribution is 2.39. The monoisotopic (exact) mass is 276 g/mol. The highest BCUT2D eigenvalue weighted by Gasteiger charge is 2.33. The zero-order chi connectivity index (χ0) is 13.2. The van der Waals surface area contributed by atoms with E-state index in [9.17, 15) is 4.79 Å². The van der Waals surface area contributed by atoms with Crippen LogP contribution >= 0.6 is 11.8 Å². The van der Waals surface area contributed by atoms with Crippen molar-refractivity contribution in [3.8, 4) is 5.75 Å². The van der Waals surface area contributed by atoms with Crippen LogP contribution in [0.2, 0.25) is 0 Å². The zero-order valence-electron chi connectivity index (χ0n) is 10.8. The first-order valence-electron chi connectivity index (χ1n) is 6.43. The molecule has 19 heavy (non-hydrogen) atoms. The van der Waals surface area contributed by atoms with Crippen LogP contribution in [0, 0.1) is 0 Å². The van der Waals surface area contributed by atoms with Gasteiger partial charge in [-0.1, -0.05) is 23.9 Å². The summed E-state index contributed by atoms with van der Waals surface area (Å²) in [5.74, 6) is 1.03. The van der Waals surface area contributed by atoms with E-state index in [2.05, 4.69) is 4.99 Å². The molecule has 1 fully saturated rings. The van der Waals surface area contributed by atoms with Crippen molar-refractivity contribution < 1.29 is 9.53 Å². The predicted molar refractivity (Wildman–Crippen MR) is 76.6 cm³/mol. The van der Waals surface area contributed by atoms with Gasteiger partial charge in [0.2, 0.25) is 5.91 Å². The van der Waals surface area contributed by atoms with Crippen LogP contribution in [0.15, 0.2) is 29.3 Å². The van der Waals surface area contributed by atoms with Crippen molar-refractivity contribution in [3.05, 3.63) is 29.8 Å². The van der Waals surface area contributed by atoms with Crippen molar-refractivity contribution in [2.24, 2.45) is 4.99 Å². The SMILES string of the molecule is COc1ccc(C2CC(=O)N3CCCN=C3S2)cc1. The molecule has 1 saturated heterocycles. The van der Waals surface area contributed by atoms with Crippen LogP contribution in [0.3, 0.4) is 0 Å². The van der Waals surface area contributed by atoms with E-state index in [0.29, 0.717) is 6.42 Å². The lowest BCUT2D eigenvalue weighted by molar-refractivity contribution is -0.127. The summed E-state index contributed by atoms with van der Waals surface area (Å²) in [5, 5.41) is 1.06. The Hall–Kier alpha value is -1.49. The van der Waals surface area contributed by atoms with Gasteiger partial charge in [0.1, 0.15) is 5.75 Å². The Labute approximate surface area is 116 Å². The largest absolute Gasteiger partial charge is 0.497 e. The molecular weight excluding hydrogens is 260 g/mol. The molecule has 0 saturated carbocycles. The quantitative estimate of drug-likeness (QED) is 0.833. The fraction of sp³-hybridized carbons (Fsp3) is 0.429. The Kier molecular flexibility index (Phi) is 3.46. The summed E-state index contributed by atoms with van der Waals surface area (Å²) in [6, 6.07) is 7.94. The minimum absolute atomic E-state index is 0.173. The van der Waals surface area contributed by atoms with Crippen molar-refractivity contribution in [1.82, 2.24) is 4.90 Å². The van der Waals surface area contributed by atoms with Gasteiger partial charge in [-0.25, -0.2) is 0 Å². The fourth-order valence-electron chi connectivity index (χ4n) is 2.36. The van der Waals surface area contributed by atoms with Gasteiger partial charge in [0.25, 0.3) is 0 Å². The third-order valence-electron chi connectivity index (χ3n) is 3.41. The van der Waals surface area contributed by atoms with Gasteiger partial charge in [-0.05, 0) is 24.1 Å². The molecule has 0 aliphatic carbocycles. The van der Waals surface area contributed by atoms with Gasteiger partial charge >= 0.3 is 0 Å². The van der Waals surface area contributed by atoms with Crippen LogP contribution in [-0.4, -0.2) is 36.2 Å². The second-order valence-electron chi connectivity index (χ2n) is 4.65. The number of nitrogens with zero attached hydrogens (tertiary/aromatic N) is 2. The number of hydrogen-bond donors (Lipinski definition) is 0. The van der Waals surface area contributed by atoms with E-state index in [-0.39, 0.29) is 11.2 Å². The smallest absolute Gasteiger partial charge is 0.230 e. The highest BCUT2D eigenvalue weighted by atomic mass is 32.2. The molecule has 3 rings (SSSR count). The number of amides is 1. The van der Waals surface area contributed by atoms with Crippen LogP contribution < -0.4 is 4.74 Å². The Morgan fingerprint density at radius 3 is 2.89 bits per heavy atom. The number of carbonyl (C=O) groups excluding carboxylic acids is 1. The lowest BCUT2D eigenvalue weighted by Crippen LogP contribution is -2.42. The third-order valence-corrected chi connectivity index (χ3v) is 4.70. The highest BCUT2D eigenvalue weighted by molar-refractivity contribution is 8.14. The van der Waals surface area contributed by atoms with E-state index in [1.54, 1.807) is 18.9 Å². The van der Waals surface area contributed by atoms with E-state index < -0.39 is 0 Å². The Balaban J connectivity index is 1.81. The standard InChI is InChI=1S/C14H16N2O2S/c1-18-11-5-3-10(4-6-11)12-9-13(17)16-8-2-7-15-14(16)19-12/h3-6,12H,2,7-9H2,1H3. The summed E-state index contributed by atoms with van der Waals surface area (Å²) in [6.45, 7) is 1.65. The number of ether oxygens (including phenoxy) is 1. The molecule has 1 aromatic rings. The number of thioether (sulfide) groups is 1. The third kappa shape index (κ3) is 2.47. The molecule has 1 amide bonds. The topological polar surface area (TPSA) is 41.9 Å². The molecule has 5 heteroatoms. The maximum Gasteiger partial charge on any atom is 0.230 e. The minimum Gasteiger partial charge on any atom is -0.497 e.